The van der Waals surface area contributed by atoms with Gasteiger partial charge in [-0.1, -0.05) is 6.07 Å². The number of carbonyl (C=O) groups excluding carboxylic acids is 1. The Bertz CT molecular complexity index is 374. The molecule has 1 aliphatic rings. The fourth-order valence-electron chi connectivity index (χ4n) is 1.92. The summed E-state index contributed by atoms with van der Waals surface area (Å²) < 4.78 is 0. The summed E-state index contributed by atoms with van der Waals surface area (Å²) in [7, 11) is 0. The molecule has 0 unspecified atom stereocenters. The average Bonchev–Trinajstić information content (AvgIpc) is 2.33. The predicted octanol–water partition coefficient (Wildman–Crippen LogP) is 1.05. The molecule has 1 heterocycles. The Kier molecular flexibility index (Phi) is 3.74. The SMILES string of the molecule is O=C(CCc1cccnc1)NCC1(O)CCC1. The molecule has 0 aliphatic heterocycles. The van der Waals surface area contributed by atoms with E-state index >= 15 is 0 Å². The maximum Gasteiger partial charge on any atom is 0.220 e. The van der Waals surface area contributed by atoms with Crippen molar-refractivity contribution in [2.45, 2.75) is 37.7 Å². The maximum atomic E-state index is 11.6. The number of carbonyl (C=O) groups is 1. The van der Waals surface area contributed by atoms with Crippen molar-refractivity contribution in [2.75, 3.05) is 6.54 Å². The molecule has 1 aliphatic carbocycles. The Morgan fingerprint density at radius 3 is 2.94 bits per heavy atom. The number of hydrogen-bond donors (Lipinski definition) is 2. The van der Waals surface area contributed by atoms with Gasteiger partial charge in [0.05, 0.1) is 5.60 Å². The lowest BCUT2D eigenvalue weighted by Gasteiger charge is -2.36. The van der Waals surface area contributed by atoms with Crippen molar-refractivity contribution in [1.29, 1.82) is 0 Å². The highest BCUT2D eigenvalue weighted by atomic mass is 16.3. The molecule has 1 saturated carbocycles. The molecule has 92 valence electrons. The van der Waals surface area contributed by atoms with E-state index in [0.29, 0.717) is 19.4 Å². The van der Waals surface area contributed by atoms with Gasteiger partial charge in [-0.15, -0.1) is 0 Å². The van der Waals surface area contributed by atoms with Gasteiger partial charge >= 0.3 is 0 Å². The molecular formula is C13H18N2O2. The van der Waals surface area contributed by atoms with Crippen LogP contribution in [-0.4, -0.2) is 28.1 Å². The second-order valence-corrected chi connectivity index (χ2v) is 4.72. The second kappa shape index (κ2) is 5.27. The van der Waals surface area contributed by atoms with Crippen LogP contribution in [0.25, 0.3) is 0 Å². The Hall–Kier alpha value is -1.42. The van der Waals surface area contributed by atoms with Crippen molar-refractivity contribution in [1.82, 2.24) is 10.3 Å². The highest BCUT2D eigenvalue weighted by molar-refractivity contribution is 5.76. The monoisotopic (exact) mass is 234 g/mol. The molecule has 2 rings (SSSR count). The average molecular weight is 234 g/mol. The highest BCUT2D eigenvalue weighted by Gasteiger charge is 2.34. The van der Waals surface area contributed by atoms with Gasteiger partial charge in [0.15, 0.2) is 0 Å². The van der Waals surface area contributed by atoms with E-state index in [2.05, 4.69) is 10.3 Å². The largest absolute Gasteiger partial charge is 0.388 e. The normalized spacial score (nSPS) is 17.2. The minimum atomic E-state index is -0.635. The molecule has 1 fully saturated rings. The van der Waals surface area contributed by atoms with Crippen LogP contribution in [0.3, 0.4) is 0 Å². The van der Waals surface area contributed by atoms with E-state index < -0.39 is 5.60 Å². The van der Waals surface area contributed by atoms with E-state index in [4.69, 9.17) is 0 Å². The second-order valence-electron chi connectivity index (χ2n) is 4.72. The molecule has 1 aromatic heterocycles. The number of aliphatic hydroxyl groups is 1. The van der Waals surface area contributed by atoms with Gasteiger partial charge < -0.3 is 10.4 Å². The van der Waals surface area contributed by atoms with Crippen LogP contribution in [0.5, 0.6) is 0 Å². The first-order valence-electron chi connectivity index (χ1n) is 6.06. The zero-order chi connectivity index (χ0) is 12.1. The molecular weight excluding hydrogens is 216 g/mol. The first-order chi connectivity index (χ1) is 8.18. The Morgan fingerprint density at radius 1 is 1.53 bits per heavy atom. The molecule has 4 nitrogen and oxygen atoms in total. The lowest BCUT2D eigenvalue weighted by molar-refractivity contribution is -0.123. The number of pyridine rings is 1. The van der Waals surface area contributed by atoms with Crippen LogP contribution in [0.1, 0.15) is 31.2 Å². The molecule has 2 N–H and O–H groups in total. The number of nitrogens with zero attached hydrogens (tertiary/aromatic N) is 1. The molecule has 17 heavy (non-hydrogen) atoms. The number of hydrogen-bond acceptors (Lipinski definition) is 3. The van der Waals surface area contributed by atoms with Crippen molar-refractivity contribution in [2.24, 2.45) is 0 Å². The van der Waals surface area contributed by atoms with Crippen molar-refractivity contribution in [3.63, 3.8) is 0 Å². The number of aromatic nitrogens is 1. The molecule has 0 atom stereocenters. The third-order valence-corrected chi connectivity index (χ3v) is 3.26. The number of nitrogens with one attached hydrogen (secondary N) is 1. The van der Waals surface area contributed by atoms with Crippen molar-refractivity contribution in [3.05, 3.63) is 30.1 Å². The van der Waals surface area contributed by atoms with Crippen LogP contribution in [-0.2, 0) is 11.2 Å². The first-order valence-corrected chi connectivity index (χ1v) is 6.06. The summed E-state index contributed by atoms with van der Waals surface area (Å²) in [5, 5.41) is 12.6. The minimum absolute atomic E-state index is 0.00539. The number of amides is 1. The van der Waals surface area contributed by atoms with Gasteiger partial charge in [0, 0.05) is 25.4 Å². The van der Waals surface area contributed by atoms with Crippen molar-refractivity contribution in [3.8, 4) is 0 Å². The first kappa shape index (κ1) is 12.0. The van der Waals surface area contributed by atoms with Crippen LogP contribution < -0.4 is 5.32 Å². The molecule has 0 spiro atoms. The molecule has 1 amide bonds. The zero-order valence-electron chi connectivity index (χ0n) is 9.85. The summed E-state index contributed by atoms with van der Waals surface area (Å²) >= 11 is 0. The van der Waals surface area contributed by atoms with Crippen LogP contribution in [0.2, 0.25) is 0 Å². The maximum absolute atomic E-state index is 11.6. The molecule has 1 aromatic rings. The fraction of sp³-hybridized carbons (Fsp3) is 0.538. The summed E-state index contributed by atoms with van der Waals surface area (Å²) in [6.07, 6.45) is 7.29. The Labute approximate surface area is 101 Å². The smallest absolute Gasteiger partial charge is 0.220 e. The van der Waals surface area contributed by atoms with E-state index in [0.717, 1.165) is 24.8 Å². The lowest BCUT2D eigenvalue weighted by atomic mass is 9.80. The van der Waals surface area contributed by atoms with Crippen LogP contribution in [0.4, 0.5) is 0 Å². The van der Waals surface area contributed by atoms with Crippen LogP contribution in [0.15, 0.2) is 24.5 Å². The van der Waals surface area contributed by atoms with Crippen LogP contribution >= 0.6 is 0 Å². The van der Waals surface area contributed by atoms with E-state index in [1.165, 1.54) is 0 Å². The highest BCUT2D eigenvalue weighted by Crippen LogP contribution is 2.30. The van der Waals surface area contributed by atoms with E-state index in [9.17, 15) is 9.90 Å². The van der Waals surface area contributed by atoms with Crippen molar-refractivity contribution >= 4 is 5.91 Å². The third kappa shape index (κ3) is 3.53. The number of rotatable bonds is 5. The number of aryl methyl sites for hydroxylation is 1. The Balaban J connectivity index is 1.67. The summed E-state index contributed by atoms with van der Waals surface area (Å²) in [6, 6.07) is 3.82. The molecule has 4 heteroatoms. The molecule has 0 bridgehead atoms. The van der Waals surface area contributed by atoms with Gasteiger partial charge in [0.2, 0.25) is 5.91 Å². The predicted molar refractivity (Wildman–Crippen MR) is 64.4 cm³/mol. The van der Waals surface area contributed by atoms with Gasteiger partial charge in [-0.2, -0.15) is 0 Å². The summed E-state index contributed by atoms with van der Waals surface area (Å²) in [5.41, 5.74) is 0.425. The summed E-state index contributed by atoms with van der Waals surface area (Å²) in [5.74, 6) is -0.00539. The molecule has 0 radical (unpaired) electrons. The molecule has 0 saturated heterocycles. The van der Waals surface area contributed by atoms with Gasteiger partial charge in [-0.3, -0.25) is 9.78 Å². The van der Waals surface area contributed by atoms with E-state index in [1.54, 1.807) is 12.4 Å². The van der Waals surface area contributed by atoms with Crippen molar-refractivity contribution < 1.29 is 9.90 Å². The minimum Gasteiger partial charge on any atom is -0.388 e. The van der Waals surface area contributed by atoms with Gasteiger partial charge in [-0.25, -0.2) is 0 Å². The quantitative estimate of drug-likeness (QED) is 0.800. The Morgan fingerprint density at radius 2 is 2.35 bits per heavy atom. The van der Waals surface area contributed by atoms with Gasteiger partial charge in [0.25, 0.3) is 0 Å². The van der Waals surface area contributed by atoms with E-state index in [1.807, 2.05) is 12.1 Å². The fourth-order valence-corrected chi connectivity index (χ4v) is 1.92. The third-order valence-electron chi connectivity index (χ3n) is 3.26. The van der Waals surface area contributed by atoms with Gasteiger partial charge in [0.1, 0.15) is 0 Å². The van der Waals surface area contributed by atoms with Gasteiger partial charge in [-0.05, 0) is 37.3 Å². The topological polar surface area (TPSA) is 62.2 Å². The van der Waals surface area contributed by atoms with Crippen LogP contribution in [0, 0.1) is 0 Å². The molecule has 0 aromatic carbocycles. The van der Waals surface area contributed by atoms with E-state index in [-0.39, 0.29) is 5.91 Å². The standard InChI is InChI=1S/C13H18N2O2/c16-12(15-10-13(17)6-2-7-13)5-4-11-3-1-8-14-9-11/h1,3,8-9,17H,2,4-7,10H2,(H,15,16). The lowest BCUT2D eigenvalue weighted by Crippen LogP contribution is -2.47. The zero-order valence-corrected chi connectivity index (χ0v) is 9.85. The summed E-state index contributed by atoms with van der Waals surface area (Å²) in [6.45, 7) is 0.388. The summed E-state index contributed by atoms with van der Waals surface area (Å²) in [4.78, 5) is 15.6.